The number of carbonyl (C=O) groups is 6. The number of aryl methyl sites for hydroxylation is 2. The molecule has 0 spiro atoms. The summed E-state index contributed by atoms with van der Waals surface area (Å²) in [5, 5.41) is 20.7. The Hall–Kier alpha value is -4.33. The predicted octanol–water partition coefficient (Wildman–Crippen LogP) is 14.4. The molecule has 17 rings (SSSR count). The molecule has 16 aliphatic rings. The van der Waals surface area contributed by atoms with Crippen LogP contribution in [0.2, 0.25) is 0 Å². The minimum atomic E-state index is -4.30. The number of carbonyl (C=O) groups excluding carboxylic acids is 6. The van der Waals surface area contributed by atoms with E-state index in [-0.39, 0.29) is 53.0 Å². The second kappa shape index (κ2) is 33.6. The van der Waals surface area contributed by atoms with E-state index >= 15 is 0 Å². The highest BCUT2D eigenvalue weighted by molar-refractivity contribution is 7.97. The lowest BCUT2D eigenvalue weighted by Crippen LogP contribution is -2.61. The minimum absolute atomic E-state index is 0.0130. The van der Waals surface area contributed by atoms with E-state index in [1.807, 2.05) is 48.5 Å². The summed E-state index contributed by atoms with van der Waals surface area (Å²) in [4.78, 5) is 73.2. The fraction of sp³-hybridized carbons (Fsp3) is 0.833. The number of rotatable bonds is 20. The van der Waals surface area contributed by atoms with E-state index in [4.69, 9.17) is 32.6 Å². The van der Waals surface area contributed by atoms with E-state index in [0.717, 1.165) is 81.8 Å². The molecular formula is C84H132O21S3. The highest BCUT2D eigenvalue weighted by Crippen LogP contribution is 2.63. The molecule has 16 fully saturated rings. The molecule has 21 nitrogen and oxygen atoms in total. The van der Waals surface area contributed by atoms with Crippen LogP contribution in [0.5, 0.6) is 5.75 Å². The van der Waals surface area contributed by atoms with E-state index in [1.54, 1.807) is 46.6 Å². The number of esters is 6. The Bertz CT molecular complexity index is 3580. The van der Waals surface area contributed by atoms with Gasteiger partial charge >= 0.3 is 35.8 Å². The summed E-state index contributed by atoms with van der Waals surface area (Å²) in [6, 6.07) is 4.67. The molecule has 9 atom stereocenters. The zero-order valence-corrected chi connectivity index (χ0v) is 70.6. The van der Waals surface area contributed by atoms with Crippen molar-refractivity contribution in [2.24, 2.45) is 80.8 Å². The quantitative estimate of drug-likeness (QED) is 0.0306. The maximum atomic E-state index is 12.5. The van der Waals surface area contributed by atoms with Gasteiger partial charge in [-0.25, -0.2) is 18.0 Å². The molecule has 0 radical (unpaired) electrons. The van der Waals surface area contributed by atoms with Gasteiger partial charge in [0.15, 0.2) is 11.5 Å². The zero-order chi connectivity index (χ0) is 79.9. The molecule has 2 N–H and O–H groups in total. The van der Waals surface area contributed by atoms with Crippen LogP contribution in [0.25, 0.3) is 0 Å². The first-order chi connectivity index (χ1) is 50.1. The maximum absolute atomic E-state index is 12.5. The summed E-state index contributed by atoms with van der Waals surface area (Å²) >= 11 is 0. The van der Waals surface area contributed by atoms with E-state index in [0.29, 0.717) is 90.5 Å². The summed E-state index contributed by atoms with van der Waals surface area (Å²) in [7, 11) is -5.56. The van der Waals surface area contributed by atoms with Gasteiger partial charge in [0.25, 0.3) is 10.1 Å². The predicted molar refractivity (Wildman–Crippen MR) is 411 cm³/mol. The molecule has 108 heavy (non-hydrogen) atoms. The molecular weight excluding hydrogens is 1440 g/mol. The van der Waals surface area contributed by atoms with Crippen molar-refractivity contribution in [2.75, 3.05) is 37.6 Å². The maximum Gasteiger partial charge on any atom is 0.344 e. The van der Waals surface area contributed by atoms with Crippen molar-refractivity contribution in [3.63, 3.8) is 0 Å². The van der Waals surface area contributed by atoms with E-state index in [9.17, 15) is 60.4 Å². The number of fused-ring (bicyclic) bond motifs is 1. The van der Waals surface area contributed by atoms with Crippen LogP contribution in [-0.2, 0) is 92.5 Å². The van der Waals surface area contributed by atoms with Crippen LogP contribution in [0, 0.1) is 94.7 Å². The smallest absolute Gasteiger partial charge is 0.344 e. The fourth-order valence-corrected chi connectivity index (χ4v) is 25.4. The molecule has 0 aromatic heterocycles. The molecule has 2 aliphatic heterocycles. The third-order valence-electron chi connectivity index (χ3n) is 27.6. The first-order valence-electron chi connectivity index (χ1n) is 40.6. The van der Waals surface area contributed by atoms with Crippen molar-refractivity contribution in [3.05, 3.63) is 35.4 Å². The summed E-state index contributed by atoms with van der Waals surface area (Å²) < 4.78 is 97.6. The van der Waals surface area contributed by atoms with E-state index < -0.39 is 101 Å². The van der Waals surface area contributed by atoms with Gasteiger partial charge in [-0.2, -0.15) is 8.42 Å². The van der Waals surface area contributed by atoms with E-state index in [2.05, 4.69) is 51.1 Å². The Balaban J connectivity index is 0.000000151. The van der Waals surface area contributed by atoms with Crippen molar-refractivity contribution >= 4 is 66.9 Å². The molecule has 9 unspecified atom stereocenters. The second-order valence-electron chi connectivity index (χ2n) is 38.1. The van der Waals surface area contributed by atoms with Crippen LogP contribution in [0.15, 0.2) is 29.2 Å². The number of methoxy groups -OCH3 is 1. The van der Waals surface area contributed by atoms with Gasteiger partial charge in [0.1, 0.15) is 52.9 Å². The van der Waals surface area contributed by atoms with Gasteiger partial charge < -0.3 is 47.9 Å². The molecule has 14 aliphatic carbocycles. The molecule has 14 bridgehead atoms. The molecule has 2 saturated heterocycles. The first kappa shape index (κ1) is 87.6. The van der Waals surface area contributed by atoms with Gasteiger partial charge in [0.05, 0.1) is 61.1 Å². The van der Waals surface area contributed by atoms with Crippen LogP contribution in [0.4, 0.5) is 0 Å². The Labute approximate surface area is 648 Å². The van der Waals surface area contributed by atoms with Crippen LogP contribution in [-0.4, -0.2) is 150 Å². The number of hydrogen-bond acceptors (Lipinski definition) is 21. The lowest BCUT2D eigenvalue weighted by Gasteiger charge is -2.59. The fourth-order valence-electron chi connectivity index (χ4n) is 20.8. The summed E-state index contributed by atoms with van der Waals surface area (Å²) in [6.45, 7) is 33.6. The SMILES string of the molecule is C=C(C)C(=O)OC12CC3CC(CC(O)(C3)C1)C2.CCC(C)(C)C(=O)OC1(C)C2CC3CC(C2)CC1C3.CCC(C)(C)C(=O)OC12CC3CC(CC(O)(C3)C1)C2.CCC(C)(C)C(=O)OCC(=O)OC1C2CC3C1OS(=O)(=O)C3C2.CCC(C)(C)C(=O)OCCS(=O)(=O)[O-].COc1c(C)cc([S+]2CCCCC2)cc1C. The number of benzene rings is 1. The summed E-state index contributed by atoms with van der Waals surface area (Å²) in [5.41, 5.74) is -1.05. The molecule has 1 aromatic rings. The zero-order valence-electron chi connectivity index (χ0n) is 68.2. The third-order valence-corrected chi connectivity index (χ3v) is 32.5. The third kappa shape index (κ3) is 20.6. The molecule has 2 heterocycles. The molecule has 0 amide bonds. The largest absolute Gasteiger partial charge is 0.748 e. The van der Waals surface area contributed by atoms with Gasteiger partial charge in [0.2, 0.25) is 0 Å². The highest BCUT2D eigenvalue weighted by atomic mass is 32.2. The molecule has 612 valence electrons. The van der Waals surface area contributed by atoms with Gasteiger partial charge in [-0.15, -0.1) is 0 Å². The monoisotopic (exact) mass is 1570 g/mol. The Morgan fingerprint density at radius 2 is 1.04 bits per heavy atom. The highest BCUT2D eigenvalue weighted by Gasteiger charge is 2.66. The van der Waals surface area contributed by atoms with Crippen LogP contribution in [0.1, 0.15) is 275 Å². The van der Waals surface area contributed by atoms with Crippen molar-refractivity contribution < 1.29 is 97.7 Å². The standard InChI is InChI=1S/C17H28O2.C16H26O3.C15H22O7S.C14H20O3.C14H21OS.C8H16O5S/c1-5-16(2,3)15(18)19-17(4)13-7-11-6-12(9-13)10-14(17)8-11;1-4-14(2,3)13(17)19-16-8-11-5-12(9-16)7-15(18,6-11)10-16;1-4-15(2,3)14(17)20-7-11(16)21-12-8-5-9-10(6-8)23(18,19)22-13(9)12;1-9(2)12(15)17-14-6-10-3-11(7-14)5-13(16,4-10)8-14;1-11-9-13(10-12(2)14(11)15-3)16-7-5-4-6-8-16;1-4-8(2,3)7(9)13-5-6-14(10,11)12/h11-14H,5-10H2,1-4H3;11-12,18H,4-10H2,1-3H3;8-10,12-13H,4-7H2,1-3H3;10-11,16H,1,3-8H2,2H3;9-10H,4-8H2,1-3H3;4-6H2,1-3H3,(H,10,11,12)/q;;;;+1;/p-1. The molecule has 1 aromatic carbocycles. The topological polar surface area (TPSA) is 308 Å². The Morgan fingerprint density at radius 3 is 1.46 bits per heavy atom. The Morgan fingerprint density at radius 1 is 0.611 bits per heavy atom. The van der Waals surface area contributed by atoms with Crippen LogP contribution < -0.4 is 4.74 Å². The van der Waals surface area contributed by atoms with Crippen molar-refractivity contribution in [1.82, 2.24) is 0 Å². The van der Waals surface area contributed by atoms with Crippen LogP contribution >= 0.6 is 0 Å². The lowest BCUT2D eigenvalue weighted by atomic mass is 9.50. The van der Waals surface area contributed by atoms with Gasteiger partial charge in [-0.1, -0.05) is 34.3 Å². The first-order valence-corrected chi connectivity index (χ1v) is 45.2. The summed E-state index contributed by atoms with van der Waals surface area (Å²) in [5.74, 6) is 6.46. The minimum Gasteiger partial charge on any atom is -0.748 e. The van der Waals surface area contributed by atoms with E-state index in [1.165, 1.54) is 86.8 Å². The van der Waals surface area contributed by atoms with Crippen LogP contribution in [0.3, 0.4) is 0 Å². The number of hydrogen-bond donors (Lipinski definition) is 2. The van der Waals surface area contributed by atoms with Gasteiger partial charge in [-0.05, 0) is 308 Å². The lowest BCUT2D eigenvalue weighted by molar-refractivity contribution is -0.225. The average molecular weight is 1570 g/mol. The normalized spacial score (nSPS) is 35.1. The summed E-state index contributed by atoms with van der Waals surface area (Å²) in [6.07, 6.45) is 24.9. The molecule has 14 saturated carbocycles. The van der Waals surface area contributed by atoms with Crippen molar-refractivity contribution in [1.29, 1.82) is 0 Å². The number of aliphatic hydroxyl groups is 2. The number of ether oxygens (including phenoxy) is 7. The van der Waals surface area contributed by atoms with Crippen molar-refractivity contribution in [3.8, 4) is 5.75 Å². The van der Waals surface area contributed by atoms with Gasteiger partial charge in [-0.3, -0.25) is 23.4 Å². The Kier molecular flexibility index (Phi) is 27.3. The molecule has 24 heteroatoms. The van der Waals surface area contributed by atoms with Crippen molar-refractivity contribution in [2.45, 2.75) is 328 Å². The second-order valence-corrected chi connectivity index (χ2v) is 43.7. The average Bonchev–Trinajstić information content (AvgIpc) is 1.67. The van der Waals surface area contributed by atoms with Gasteiger partial charge in [0, 0.05) is 41.1 Å².